The summed E-state index contributed by atoms with van der Waals surface area (Å²) in [5.74, 6) is 0.817. The third-order valence-electron chi connectivity index (χ3n) is 3.67. The van der Waals surface area contributed by atoms with Crippen LogP contribution in [0.3, 0.4) is 0 Å². The summed E-state index contributed by atoms with van der Waals surface area (Å²) in [6, 6.07) is 9.27. The van der Waals surface area contributed by atoms with Gasteiger partial charge in [-0.25, -0.2) is 0 Å². The molecule has 0 aliphatic heterocycles. The molecule has 0 amide bonds. The van der Waals surface area contributed by atoms with Crippen molar-refractivity contribution in [3.05, 3.63) is 57.7 Å². The number of phenols is 1. The fourth-order valence-corrected chi connectivity index (χ4v) is 2.58. The number of hydrogen-bond donors (Lipinski definition) is 1. The fourth-order valence-electron chi connectivity index (χ4n) is 2.58. The lowest BCUT2D eigenvalue weighted by molar-refractivity contribution is 0.112. The zero-order valence-electron chi connectivity index (χ0n) is 12.6. The van der Waals surface area contributed by atoms with Gasteiger partial charge in [0.05, 0.1) is 18.1 Å². The van der Waals surface area contributed by atoms with E-state index >= 15 is 0 Å². The molecule has 0 saturated carbocycles. The normalized spacial score (nSPS) is 10.7. The molecule has 1 heterocycles. The maximum Gasteiger partial charge on any atom is 0.193 e. The summed E-state index contributed by atoms with van der Waals surface area (Å²) < 4.78 is 11.0. The summed E-state index contributed by atoms with van der Waals surface area (Å²) in [4.78, 5) is 23.9. The monoisotopic (exact) mass is 310 g/mol. The van der Waals surface area contributed by atoms with Crippen LogP contribution in [0.5, 0.6) is 11.5 Å². The first-order valence-corrected chi connectivity index (χ1v) is 6.95. The van der Waals surface area contributed by atoms with E-state index in [2.05, 4.69) is 0 Å². The second kappa shape index (κ2) is 5.61. The fraction of sp³-hybridized carbons (Fsp3) is 0.111. The number of phenolic OH excluding ortho intramolecular Hbond substituents is 1. The summed E-state index contributed by atoms with van der Waals surface area (Å²) in [5.41, 5.74) is 1.46. The molecule has 0 fully saturated rings. The minimum absolute atomic E-state index is 0.114. The summed E-state index contributed by atoms with van der Waals surface area (Å²) >= 11 is 0. The lowest BCUT2D eigenvalue weighted by Gasteiger charge is -2.11. The van der Waals surface area contributed by atoms with Gasteiger partial charge in [0.15, 0.2) is 17.3 Å². The molecule has 3 aromatic rings. The van der Waals surface area contributed by atoms with Gasteiger partial charge in [-0.15, -0.1) is 0 Å². The van der Waals surface area contributed by atoms with E-state index < -0.39 is 0 Å². The third kappa shape index (κ3) is 2.46. The molecule has 23 heavy (non-hydrogen) atoms. The number of rotatable bonds is 3. The average molecular weight is 310 g/mol. The number of methoxy groups -OCH3 is 1. The van der Waals surface area contributed by atoms with E-state index in [1.54, 1.807) is 25.1 Å². The summed E-state index contributed by atoms with van der Waals surface area (Å²) in [7, 11) is 1.46. The van der Waals surface area contributed by atoms with E-state index in [0.717, 1.165) is 0 Å². The van der Waals surface area contributed by atoms with Crippen molar-refractivity contribution in [3.8, 4) is 22.8 Å². The molecule has 1 aromatic heterocycles. The van der Waals surface area contributed by atoms with Gasteiger partial charge in [-0.1, -0.05) is 0 Å². The highest BCUT2D eigenvalue weighted by Gasteiger charge is 2.17. The van der Waals surface area contributed by atoms with E-state index in [1.165, 1.54) is 25.3 Å². The number of aryl methyl sites for hydroxylation is 1. The molecule has 0 aliphatic carbocycles. The quantitative estimate of drug-likeness (QED) is 0.751. The Balaban J connectivity index is 2.36. The lowest BCUT2D eigenvalue weighted by atomic mass is 10.0. The Morgan fingerprint density at radius 3 is 2.48 bits per heavy atom. The van der Waals surface area contributed by atoms with Gasteiger partial charge in [0, 0.05) is 11.6 Å². The number of hydrogen-bond acceptors (Lipinski definition) is 5. The van der Waals surface area contributed by atoms with Crippen LogP contribution in [0.25, 0.3) is 22.3 Å². The molecule has 5 heteroatoms. The summed E-state index contributed by atoms with van der Waals surface area (Å²) in [5, 5.41) is 9.68. The van der Waals surface area contributed by atoms with Gasteiger partial charge in [-0.2, -0.15) is 0 Å². The van der Waals surface area contributed by atoms with Crippen LogP contribution < -0.4 is 10.2 Å². The molecular formula is C18H14O5. The number of carbonyl (C=O) groups excluding carboxylic acids is 1. The van der Waals surface area contributed by atoms with E-state index in [4.69, 9.17) is 9.15 Å². The molecule has 3 rings (SSSR count). The number of aldehydes is 1. The highest BCUT2D eigenvalue weighted by atomic mass is 16.5. The Morgan fingerprint density at radius 1 is 1.17 bits per heavy atom. The molecule has 2 aromatic carbocycles. The Hall–Kier alpha value is -3.08. The van der Waals surface area contributed by atoms with Gasteiger partial charge in [0.25, 0.3) is 0 Å². The van der Waals surface area contributed by atoms with Crippen molar-refractivity contribution in [2.75, 3.05) is 7.11 Å². The third-order valence-corrected chi connectivity index (χ3v) is 3.67. The summed E-state index contributed by atoms with van der Waals surface area (Å²) in [6.45, 7) is 1.76. The smallest absolute Gasteiger partial charge is 0.193 e. The average Bonchev–Trinajstić information content (AvgIpc) is 2.55. The highest BCUT2D eigenvalue weighted by molar-refractivity contribution is 5.98. The molecule has 0 spiro atoms. The van der Waals surface area contributed by atoms with Crippen LogP contribution in [0.4, 0.5) is 0 Å². The van der Waals surface area contributed by atoms with Crippen molar-refractivity contribution in [2.45, 2.75) is 6.92 Å². The predicted molar refractivity (Wildman–Crippen MR) is 86.3 cm³/mol. The Bertz CT molecular complexity index is 952. The van der Waals surface area contributed by atoms with Crippen LogP contribution in [0.1, 0.15) is 15.9 Å². The predicted octanol–water partition coefficient (Wildman–Crippen LogP) is 3.30. The standard InChI is InChI=1S/C18H14O5/c1-10-7-13-15(21)8-16(11-3-5-12(20)6-4-11)23-18(13)14(9-19)17(10)22-2/h3-9,20H,1-2H3. The van der Waals surface area contributed by atoms with Crippen molar-refractivity contribution < 1.29 is 19.1 Å². The largest absolute Gasteiger partial charge is 0.508 e. The second-order valence-electron chi connectivity index (χ2n) is 5.16. The van der Waals surface area contributed by atoms with Crippen LogP contribution in [0.15, 0.2) is 45.6 Å². The van der Waals surface area contributed by atoms with Gasteiger partial charge < -0.3 is 14.3 Å². The van der Waals surface area contributed by atoms with E-state index in [0.29, 0.717) is 34.3 Å². The van der Waals surface area contributed by atoms with Gasteiger partial charge in [0.1, 0.15) is 17.3 Å². The maximum absolute atomic E-state index is 12.4. The topological polar surface area (TPSA) is 76.7 Å². The Kier molecular flexibility index (Phi) is 3.62. The van der Waals surface area contributed by atoms with Gasteiger partial charge >= 0.3 is 0 Å². The van der Waals surface area contributed by atoms with Gasteiger partial charge in [-0.3, -0.25) is 9.59 Å². The molecule has 0 atom stereocenters. The first-order valence-electron chi connectivity index (χ1n) is 6.95. The second-order valence-corrected chi connectivity index (χ2v) is 5.16. The van der Waals surface area contributed by atoms with Crippen molar-refractivity contribution in [2.24, 2.45) is 0 Å². The number of fused-ring (bicyclic) bond motifs is 1. The number of benzene rings is 2. The molecule has 0 radical (unpaired) electrons. The van der Waals surface area contributed by atoms with E-state index in [1.807, 2.05) is 0 Å². The van der Waals surface area contributed by atoms with Gasteiger partial charge in [-0.05, 0) is 42.8 Å². The molecule has 0 bridgehead atoms. The molecule has 0 saturated heterocycles. The Morgan fingerprint density at radius 2 is 1.87 bits per heavy atom. The van der Waals surface area contributed by atoms with Crippen LogP contribution in [-0.4, -0.2) is 18.5 Å². The van der Waals surface area contributed by atoms with Crippen molar-refractivity contribution in [3.63, 3.8) is 0 Å². The Labute approximate surface area is 131 Å². The molecule has 0 unspecified atom stereocenters. The summed E-state index contributed by atoms with van der Waals surface area (Å²) in [6.07, 6.45) is 0.623. The molecule has 1 N–H and O–H groups in total. The zero-order valence-corrected chi connectivity index (χ0v) is 12.6. The van der Waals surface area contributed by atoms with Crippen LogP contribution in [0, 0.1) is 6.92 Å². The van der Waals surface area contributed by atoms with E-state index in [9.17, 15) is 14.7 Å². The van der Waals surface area contributed by atoms with Crippen molar-refractivity contribution in [1.82, 2.24) is 0 Å². The minimum atomic E-state index is -0.247. The highest BCUT2D eigenvalue weighted by Crippen LogP contribution is 2.32. The minimum Gasteiger partial charge on any atom is -0.508 e. The number of aromatic hydroxyl groups is 1. The molecule has 0 aliphatic rings. The number of carbonyl (C=O) groups is 1. The zero-order chi connectivity index (χ0) is 16.6. The molecule has 5 nitrogen and oxygen atoms in total. The SMILES string of the molecule is COc1c(C)cc2c(=O)cc(-c3ccc(O)cc3)oc2c1C=O. The first kappa shape index (κ1) is 14.8. The van der Waals surface area contributed by atoms with Crippen LogP contribution in [0.2, 0.25) is 0 Å². The van der Waals surface area contributed by atoms with Crippen molar-refractivity contribution in [1.29, 1.82) is 0 Å². The van der Waals surface area contributed by atoms with Crippen LogP contribution >= 0.6 is 0 Å². The molecular weight excluding hydrogens is 296 g/mol. The maximum atomic E-state index is 12.4. The van der Waals surface area contributed by atoms with Gasteiger partial charge in [0.2, 0.25) is 0 Å². The molecule has 116 valence electrons. The van der Waals surface area contributed by atoms with Crippen molar-refractivity contribution >= 4 is 17.3 Å². The first-order chi connectivity index (χ1) is 11.0. The number of ether oxygens (including phenoxy) is 1. The van der Waals surface area contributed by atoms with Crippen LogP contribution in [-0.2, 0) is 0 Å². The van der Waals surface area contributed by atoms with E-state index in [-0.39, 0.29) is 22.3 Å². The lowest BCUT2D eigenvalue weighted by Crippen LogP contribution is -2.04.